The van der Waals surface area contributed by atoms with Gasteiger partial charge in [0.25, 0.3) is 0 Å². The lowest BCUT2D eigenvalue weighted by atomic mass is 10.0. The van der Waals surface area contributed by atoms with Gasteiger partial charge >= 0.3 is 0 Å². The summed E-state index contributed by atoms with van der Waals surface area (Å²) in [4.78, 5) is 4.48. The Labute approximate surface area is 102 Å². The molecular weight excluding hydrogens is 210 g/mol. The van der Waals surface area contributed by atoms with Gasteiger partial charge in [0, 0.05) is 12.8 Å². The summed E-state index contributed by atoms with van der Waals surface area (Å²) in [5.41, 5.74) is 2.73. The van der Waals surface area contributed by atoms with Gasteiger partial charge < -0.3 is 0 Å². The molecule has 0 atom stereocenters. The highest BCUT2D eigenvalue weighted by atomic mass is 15.2. The second-order valence-corrected chi connectivity index (χ2v) is 4.37. The minimum atomic E-state index is 0.908. The van der Waals surface area contributed by atoms with Crippen molar-refractivity contribution in [2.45, 2.75) is 39.5 Å². The van der Waals surface area contributed by atoms with Gasteiger partial charge in [-0.2, -0.15) is 5.10 Å². The van der Waals surface area contributed by atoms with Crippen molar-refractivity contribution in [1.29, 1.82) is 0 Å². The molecule has 0 saturated heterocycles. The third-order valence-corrected chi connectivity index (χ3v) is 2.94. The Hall–Kier alpha value is -1.64. The summed E-state index contributed by atoms with van der Waals surface area (Å²) in [7, 11) is 0. The van der Waals surface area contributed by atoms with Gasteiger partial charge in [-0.15, -0.1) is 0 Å². The van der Waals surface area contributed by atoms with E-state index in [4.69, 9.17) is 0 Å². The summed E-state index contributed by atoms with van der Waals surface area (Å²) in [5, 5.41) is 7.24. The minimum Gasteiger partial charge on any atom is -0.263 e. The van der Waals surface area contributed by atoms with E-state index in [0.717, 1.165) is 37.3 Å². The lowest BCUT2D eigenvalue weighted by molar-refractivity contribution is 0.840. The van der Waals surface area contributed by atoms with Crippen molar-refractivity contribution >= 4 is 0 Å². The number of aromatic nitrogens is 3. The number of hydrogen-bond acceptors (Lipinski definition) is 2. The predicted octanol–water partition coefficient (Wildman–Crippen LogP) is 2.85. The fourth-order valence-corrected chi connectivity index (χ4v) is 1.93. The Morgan fingerprint density at radius 1 is 1.12 bits per heavy atom. The normalized spacial score (nSPS) is 10.7. The largest absolute Gasteiger partial charge is 0.263 e. The molecule has 3 nitrogen and oxygen atoms in total. The highest BCUT2D eigenvalue weighted by molar-refractivity contribution is 5.25. The second kappa shape index (κ2) is 5.62. The number of aromatic amines is 1. The molecular formula is C14H19N3. The zero-order valence-corrected chi connectivity index (χ0v) is 10.5. The van der Waals surface area contributed by atoms with E-state index in [1.165, 1.54) is 11.1 Å². The minimum absolute atomic E-state index is 0.908. The average molecular weight is 229 g/mol. The molecule has 0 fully saturated rings. The first-order chi connectivity index (χ1) is 8.29. The van der Waals surface area contributed by atoms with E-state index >= 15 is 0 Å². The smallest absolute Gasteiger partial charge is 0.151 e. The lowest BCUT2D eigenvalue weighted by Gasteiger charge is -2.02. The average Bonchev–Trinajstić information content (AvgIpc) is 2.76. The summed E-state index contributed by atoms with van der Waals surface area (Å²) in [5.74, 6) is 1.93. The van der Waals surface area contributed by atoms with Gasteiger partial charge in [-0.1, -0.05) is 31.2 Å². The number of nitrogens with one attached hydrogen (secondary N) is 1. The topological polar surface area (TPSA) is 41.6 Å². The maximum absolute atomic E-state index is 4.48. The number of H-pyrrole nitrogens is 1. The van der Waals surface area contributed by atoms with Crippen LogP contribution in [0.5, 0.6) is 0 Å². The summed E-state index contributed by atoms with van der Waals surface area (Å²) < 4.78 is 0. The van der Waals surface area contributed by atoms with E-state index in [0.29, 0.717) is 0 Å². The fraction of sp³-hybridized carbons (Fsp3) is 0.429. The lowest BCUT2D eigenvalue weighted by Crippen LogP contribution is -1.96. The molecule has 0 bridgehead atoms. The van der Waals surface area contributed by atoms with E-state index in [2.05, 4.69) is 53.3 Å². The fourth-order valence-electron chi connectivity index (χ4n) is 1.93. The van der Waals surface area contributed by atoms with Gasteiger partial charge in [-0.3, -0.25) is 5.10 Å². The van der Waals surface area contributed by atoms with Crippen LogP contribution in [0.2, 0.25) is 0 Å². The first-order valence-corrected chi connectivity index (χ1v) is 6.24. The highest BCUT2D eigenvalue weighted by Crippen LogP contribution is 2.10. The molecule has 2 aromatic rings. The second-order valence-electron chi connectivity index (χ2n) is 4.37. The van der Waals surface area contributed by atoms with Crippen molar-refractivity contribution in [2.75, 3.05) is 0 Å². The Bertz CT molecular complexity index is 474. The van der Waals surface area contributed by atoms with Crippen LogP contribution in [0.25, 0.3) is 0 Å². The molecule has 0 unspecified atom stereocenters. The molecule has 1 aromatic carbocycles. The SMILES string of the molecule is CCCc1nc(CCc2ccccc2C)n[nH]1. The van der Waals surface area contributed by atoms with Crippen LogP contribution in [0.15, 0.2) is 24.3 Å². The molecule has 0 aliphatic heterocycles. The first kappa shape index (κ1) is 11.8. The Balaban J connectivity index is 1.95. The standard InChI is InChI=1S/C14H19N3/c1-3-6-13-15-14(17-16-13)10-9-12-8-5-4-7-11(12)2/h4-5,7-8H,3,6,9-10H2,1-2H3,(H,15,16,17). The monoisotopic (exact) mass is 229 g/mol. The molecule has 0 saturated carbocycles. The molecule has 0 aliphatic rings. The molecule has 17 heavy (non-hydrogen) atoms. The number of nitrogens with zero attached hydrogens (tertiary/aromatic N) is 2. The van der Waals surface area contributed by atoms with Gasteiger partial charge in [0.1, 0.15) is 5.82 Å². The van der Waals surface area contributed by atoms with Crippen molar-refractivity contribution in [3.8, 4) is 0 Å². The first-order valence-electron chi connectivity index (χ1n) is 6.24. The van der Waals surface area contributed by atoms with Crippen LogP contribution in [0.3, 0.4) is 0 Å². The molecule has 90 valence electrons. The number of rotatable bonds is 5. The molecule has 0 aliphatic carbocycles. The molecule has 3 heteroatoms. The highest BCUT2D eigenvalue weighted by Gasteiger charge is 2.04. The van der Waals surface area contributed by atoms with E-state index in [1.807, 2.05) is 0 Å². The van der Waals surface area contributed by atoms with Crippen molar-refractivity contribution in [3.05, 3.63) is 47.0 Å². The Morgan fingerprint density at radius 3 is 2.71 bits per heavy atom. The van der Waals surface area contributed by atoms with Gasteiger partial charge in [0.15, 0.2) is 5.82 Å². The van der Waals surface area contributed by atoms with Crippen molar-refractivity contribution in [2.24, 2.45) is 0 Å². The third kappa shape index (κ3) is 3.16. The van der Waals surface area contributed by atoms with E-state index in [9.17, 15) is 0 Å². The molecule has 0 radical (unpaired) electrons. The van der Waals surface area contributed by atoms with Gasteiger partial charge in [0.2, 0.25) is 0 Å². The quantitative estimate of drug-likeness (QED) is 0.856. The van der Waals surface area contributed by atoms with E-state index in [-0.39, 0.29) is 0 Å². The maximum atomic E-state index is 4.48. The van der Waals surface area contributed by atoms with Crippen LogP contribution < -0.4 is 0 Å². The van der Waals surface area contributed by atoms with Crippen molar-refractivity contribution in [3.63, 3.8) is 0 Å². The van der Waals surface area contributed by atoms with Crippen LogP contribution in [-0.4, -0.2) is 15.2 Å². The van der Waals surface area contributed by atoms with Crippen molar-refractivity contribution in [1.82, 2.24) is 15.2 Å². The van der Waals surface area contributed by atoms with Gasteiger partial charge in [0.05, 0.1) is 0 Å². The van der Waals surface area contributed by atoms with Gasteiger partial charge in [-0.25, -0.2) is 4.98 Å². The summed E-state index contributed by atoms with van der Waals surface area (Å²) in [6.45, 7) is 4.30. The molecule has 1 N–H and O–H groups in total. The Kier molecular flexibility index (Phi) is 3.91. The zero-order chi connectivity index (χ0) is 12.1. The molecule has 0 amide bonds. The third-order valence-electron chi connectivity index (χ3n) is 2.94. The maximum Gasteiger partial charge on any atom is 0.151 e. The number of hydrogen-bond donors (Lipinski definition) is 1. The van der Waals surface area contributed by atoms with Crippen LogP contribution >= 0.6 is 0 Å². The number of aryl methyl sites for hydroxylation is 4. The van der Waals surface area contributed by atoms with Crippen molar-refractivity contribution < 1.29 is 0 Å². The van der Waals surface area contributed by atoms with Crippen LogP contribution in [0.1, 0.15) is 36.1 Å². The predicted molar refractivity (Wildman–Crippen MR) is 69.0 cm³/mol. The summed E-state index contributed by atoms with van der Waals surface area (Å²) in [6.07, 6.45) is 4.00. The summed E-state index contributed by atoms with van der Waals surface area (Å²) >= 11 is 0. The van der Waals surface area contributed by atoms with E-state index in [1.54, 1.807) is 0 Å². The van der Waals surface area contributed by atoms with Gasteiger partial charge in [-0.05, 0) is 30.9 Å². The van der Waals surface area contributed by atoms with E-state index < -0.39 is 0 Å². The van der Waals surface area contributed by atoms with Crippen LogP contribution in [0, 0.1) is 6.92 Å². The summed E-state index contributed by atoms with van der Waals surface area (Å²) in [6, 6.07) is 8.48. The Morgan fingerprint density at radius 2 is 1.94 bits per heavy atom. The number of benzene rings is 1. The zero-order valence-electron chi connectivity index (χ0n) is 10.5. The molecule has 1 heterocycles. The molecule has 1 aromatic heterocycles. The molecule has 2 rings (SSSR count). The molecule has 0 spiro atoms. The van der Waals surface area contributed by atoms with Crippen LogP contribution in [-0.2, 0) is 19.3 Å². The van der Waals surface area contributed by atoms with Crippen LogP contribution in [0.4, 0.5) is 0 Å².